The predicted molar refractivity (Wildman–Crippen MR) is 88.7 cm³/mol. The summed E-state index contributed by atoms with van der Waals surface area (Å²) in [7, 11) is 1.96. The molecule has 3 aromatic rings. The van der Waals surface area contributed by atoms with Crippen LogP contribution in [0.2, 0.25) is 0 Å². The zero-order valence-corrected chi connectivity index (χ0v) is 13.3. The van der Waals surface area contributed by atoms with Crippen LogP contribution in [-0.4, -0.2) is 21.5 Å². The van der Waals surface area contributed by atoms with E-state index in [-0.39, 0.29) is 18.0 Å². The van der Waals surface area contributed by atoms with Gasteiger partial charge in [-0.2, -0.15) is 0 Å². The SMILES string of the molecule is Cn1c(CNC(=O)C2CC(c3ccco3)NN2)nc2ccccc21. The Morgan fingerprint density at radius 2 is 2.21 bits per heavy atom. The van der Waals surface area contributed by atoms with Gasteiger partial charge in [0.25, 0.3) is 0 Å². The van der Waals surface area contributed by atoms with E-state index in [1.807, 2.05) is 48.0 Å². The number of carbonyl (C=O) groups is 1. The van der Waals surface area contributed by atoms with Gasteiger partial charge in [0, 0.05) is 7.05 Å². The first-order chi connectivity index (χ1) is 11.7. The molecular formula is C17H19N5O2. The average molecular weight is 325 g/mol. The number of benzene rings is 1. The van der Waals surface area contributed by atoms with Crippen LogP contribution in [0.25, 0.3) is 11.0 Å². The van der Waals surface area contributed by atoms with Gasteiger partial charge in [-0.05, 0) is 30.7 Å². The van der Waals surface area contributed by atoms with E-state index in [9.17, 15) is 4.79 Å². The summed E-state index contributed by atoms with van der Waals surface area (Å²) in [6, 6.07) is 11.4. The molecule has 0 radical (unpaired) electrons. The number of amides is 1. The maximum Gasteiger partial charge on any atom is 0.238 e. The molecule has 1 aromatic carbocycles. The van der Waals surface area contributed by atoms with Gasteiger partial charge in [0.1, 0.15) is 17.6 Å². The van der Waals surface area contributed by atoms with Crippen LogP contribution in [0, 0.1) is 0 Å². The van der Waals surface area contributed by atoms with Crippen molar-refractivity contribution >= 4 is 16.9 Å². The number of para-hydroxylation sites is 2. The highest BCUT2D eigenvalue weighted by Gasteiger charge is 2.31. The van der Waals surface area contributed by atoms with E-state index in [0.717, 1.165) is 22.6 Å². The van der Waals surface area contributed by atoms with E-state index in [1.165, 1.54) is 0 Å². The molecule has 0 saturated carbocycles. The summed E-state index contributed by atoms with van der Waals surface area (Å²) in [5, 5.41) is 2.95. The molecule has 24 heavy (non-hydrogen) atoms. The van der Waals surface area contributed by atoms with E-state index >= 15 is 0 Å². The first-order valence-electron chi connectivity index (χ1n) is 7.95. The van der Waals surface area contributed by atoms with E-state index < -0.39 is 0 Å². The Labute approximate surface area is 139 Å². The number of nitrogens with one attached hydrogen (secondary N) is 3. The second-order valence-corrected chi connectivity index (χ2v) is 5.94. The monoisotopic (exact) mass is 325 g/mol. The van der Waals surface area contributed by atoms with Crippen LogP contribution in [0.1, 0.15) is 24.0 Å². The van der Waals surface area contributed by atoms with Gasteiger partial charge < -0.3 is 14.3 Å². The Bertz CT molecular complexity index is 855. The van der Waals surface area contributed by atoms with Crippen LogP contribution in [0.4, 0.5) is 0 Å². The summed E-state index contributed by atoms with van der Waals surface area (Å²) < 4.78 is 7.38. The molecule has 0 spiro atoms. The number of rotatable bonds is 4. The number of imidazole rings is 1. The average Bonchev–Trinajstić information content (AvgIpc) is 3.33. The van der Waals surface area contributed by atoms with Crippen molar-refractivity contribution in [3.63, 3.8) is 0 Å². The van der Waals surface area contributed by atoms with Crippen molar-refractivity contribution in [3.8, 4) is 0 Å². The topological polar surface area (TPSA) is 84.1 Å². The van der Waals surface area contributed by atoms with Crippen molar-refractivity contribution in [3.05, 3.63) is 54.2 Å². The summed E-state index contributed by atoms with van der Waals surface area (Å²) >= 11 is 0. The Balaban J connectivity index is 1.39. The summed E-state index contributed by atoms with van der Waals surface area (Å²) in [4.78, 5) is 16.9. The molecule has 7 nitrogen and oxygen atoms in total. The van der Waals surface area contributed by atoms with Gasteiger partial charge >= 0.3 is 0 Å². The zero-order valence-electron chi connectivity index (χ0n) is 13.3. The number of furan rings is 1. The molecule has 0 aliphatic carbocycles. The summed E-state index contributed by atoms with van der Waals surface area (Å²) in [5.41, 5.74) is 8.11. The number of aromatic nitrogens is 2. The molecular weight excluding hydrogens is 306 g/mol. The van der Waals surface area contributed by atoms with Crippen molar-refractivity contribution < 1.29 is 9.21 Å². The van der Waals surface area contributed by atoms with E-state index in [0.29, 0.717) is 13.0 Å². The number of fused-ring (bicyclic) bond motifs is 1. The number of hydrazine groups is 1. The minimum atomic E-state index is -0.296. The van der Waals surface area contributed by atoms with E-state index in [2.05, 4.69) is 21.2 Å². The van der Waals surface area contributed by atoms with Crippen LogP contribution in [0.15, 0.2) is 47.1 Å². The smallest absolute Gasteiger partial charge is 0.238 e. The van der Waals surface area contributed by atoms with Gasteiger partial charge in [-0.1, -0.05) is 12.1 Å². The van der Waals surface area contributed by atoms with Crippen molar-refractivity contribution in [2.75, 3.05) is 0 Å². The van der Waals surface area contributed by atoms with Crippen LogP contribution in [0.5, 0.6) is 0 Å². The van der Waals surface area contributed by atoms with Crippen LogP contribution >= 0.6 is 0 Å². The molecule has 2 aromatic heterocycles. The fraction of sp³-hybridized carbons (Fsp3) is 0.294. The lowest BCUT2D eigenvalue weighted by atomic mass is 10.1. The minimum absolute atomic E-state index is 0.00602. The van der Waals surface area contributed by atoms with E-state index in [4.69, 9.17) is 4.42 Å². The molecule has 3 N–H and O–H groups in total. The van der Waals surface area contributed by atoms with Gasteiger partial charge in [-0.25, -0.2) is 15.8 Å². The zero-order chi connectivity index (χ0) is 16.5. The third kappa shape index (κ3) is 2.68. The van der Waals surface area contributed by atoms with Gasteiger partial charge in [0.05, 0.1) is 29.9 Å². The Morgan fingerprint density at radius 1 is 1.33 bits per heavy atom. The molecule has 7 heteroatoms. The number of aryl methyl sites for hydroxylation is 1. The van der Waals surface area contributed by atoms with Crippen molar-refractivity contribution in [2.24, 2.45) is 7.05 Å². The first-order valence-corrected chi connectivity index (χ1v) is 7.95. The third-order valence-electron chi connectivity index (χ3n) is 4.41. The second-order valence-electron chi connectivity index (χ2n) is 5.94. The molecule has 124 valence electrons. The van der Waals surface area contributed by atoms with Crippen LogP contribution < -0.4 is 16.2 Å². The third-order valence-corrected chi connectivity index (χ3v) is 4.41. The van der Waals surface area contributed by atoms with Crippen molar-refractivity contribution in [2.45, 2.75) is 25.0 Å². The molecule has 1 fully saturated rings. The normalized spacial score (nSPS) is 20.5. The molecule has 1 aliphatic heterocycles. The fourth-order valence-electron chi connectivity index (χ4n) is 3.05. The van der Waals surface area contributed by atoms with E-state index in [1.54, 1.807) is 6.26 Å². The predicted octanol–water partition coefficient (Wildman–Crippen LogP) is 1.39. The summed E-state index contributed by atoms with van der Waals surface area (Å²) in [5.74, 6) is 1.61. The molecule has 1 amide bonds. The summed E-state index contributed by atoms with van der Waals surface area (Å²) in [6.07, 6.45) is 2.28. The molecule has 4 rings (SSSR count). The van der Waals surface area contributed by atoms with Crippen molar-refractivity contribution in [1.29, 1.82) is 0 Å². The molecule has 3 heterocycles. The highest BCUT2D eigenvalue weighted by Crippen LogP contribution is 2.22. The Hall–Kier alpha value is -2.64. The second kappa shape index (κ2) is 6.10. The Kier molecular flexibility index (Phi) is 3.79. The number of nitrogens with zero attached hydrogens (tertiary/aromatic N) is 2. The molecule has 2 atom stereocenters. The standard InChI is InChI=1S/C17H19N5O2/c1-22-14-6-3-2-5-11(14)19-16(22)10-18-17(23)13-9-12(20-21-13)15-7-4-8-24-15/h2-8,12-13,20-21H,9-10H2,1H3,(H,18,23). The number of carbonyl (C=O) groups excluding carboxylic acids is 1. The van der Waals surface area contributed by atoms with Gasteiger partial charge in [-0.3, -0.25) is 4.79 Å². The van der Waals surface area contributed by atoms with Gasteiger partial charge in [0.15, 0.2) is 0 Å². The minimum Gasteiger partial charge on any atom is -0.468 e. The van der Waals surface area contributed by atoms with Gasteiger partial charge in [0.2, 0.25) is 5.91 Å². The lowest BCUT2D eigenvalue weighted by molar-refractivity contribution is -0.123. The summed E-state index contributed by atoms with van der Waals surface area (Å²) in [6.45, 7) is 0.396. The quantitative estimate of drug-likeness (QED) is 0.675. The number of hydrogen-bond acceptors (Lipinski definition) is 5. The first kappa shape index (κ1) is 14.9. The highest BCUT2D eigenvalue weighted by molar-refractivity contribution is 5.82. The largest absolute Gasteiger partial charge is 0.468 e. The lowest BCUT2D eigenvalue weighted by Crippen LogP contribution is -2.43. The molecule has 1 saturated heterocycles. The highest BCUT2D eigenvalue weighted by atomic mass is 16.3. The molecule has 0 bridgehead atoms. The van der Waals surface area contributed by atoms with Gasteiger partial charge in [-0.15, -0.1) is 0 Å². The maximum atomic E-state index is 12.4. The number of hydrogen-bond donors (Lipinski definition) is 3. The fourth-order valence-corrected chi connectivity index (χ4v) is 3.05. The lowest BCUT2D eigenvalue weighted by Gasteiger charge is -2.10. The van der Waals surface area contributed by atoms with Crippen LogP contribution in [-0.2, 0) is 18.4 Å². The van der Waals surface area contributed by atoms with Crippen LogP contribution in [0.3, 0.4) is 0 Å². The van der Waals surface area contributed by atoms with Crippen molar-refractivity contribution in [1.82, 2.24) is 25.7 Å². The Morgan fingerprint density at radius 3 is 3.00 bits per heavy atom. The molecule has 2 unspecified atom stereocenters. The molecule has 1 aliphatic rings. The maximum absolute atomic E-state index is 12.4.